The molecule has 2 rings (SSSR count). The highest BCUT2D eigenvalue weighted by molar-refractivity contribution is 5.32. The Kier molecular flexibility index (Phi) is 3.44. The highest BCUT2D eigenvalue weighted by atomic mass is 19.3. The molecule has 1 aliphatic carbocycles. The van der Waals surface area contributed by atoms with Crippen LogP contribution in [-0.4, -0.2) is 6.61 Å². The maximum absolute atomic E-state index is 11.8. The van der Waals surface area contributed by atoms with E-state index in [2.05, 4.69) is 4.74 Å². The molecule has 0 spiro atoms. The molecule has 0 heterocycles. The Labute approximate surface area is 82.7 Å². The molecule has 1 fully saturated rings. The van der Waals surface area contributed by atoms with Gasteiger partial charge < -0.3 is 4.74 Å². The molecule has 0 N–H and O–H groups in total. The van der Waals surface area contributed by atoms with Gasteiger partial charge in [0.05, 0.1) is 0 Å². The maximum atomic E-state index is 11.8. The highest BCUT2D eigenvalue weighted by Crippen LogP contribution is 2.40. The second kappa shape index (κ2) is 4.40. The molecule has 0 radical (unpaired) electrons. The van der Waals surface area contributed by atoms with Crippen molar-refractivity contribution < 1.29 is 13.5 Å². The van der Waals surface area contributed by atoms with E-state index in [1.807, 2.05) is 6.07 Å². The topological polar surface area (TPSA) is 9.23 Å². The summed E-state index contributed by atoms with van der Waals surface area (Å²) < 4.78 is 28.0. The lowest BCUT2D eigenvalue weighted by Crippen LogP contribution is -2.01. The molecular weight excluding hydrogens is 186 g/mol. The minimum atomic E-state index is -2.73. The Morgan fingerprint density at radius 3 is 2.57 bits per heavy atom. The van der Waals surface area contributed by atoms with Gasteiger partial charge in [0.15, 0.2) is 0 Å². The van der Waals surface area contributed by atoms with Crippen LogP contribution < -0.4 is 4.74 Å². The zero-order valence-electron chi connectivity index (χ0n) is 7.04. The zero-order chi connectivity index (χ0) is 9.26. The second-order valence-electron chi connectivity index (χ2n) is 3.23. The first kappa shape index (κ1) is 11.0. The Bertz CT molecular complexity index is 295. The monoisotopic (exact) mass is 200 g/mol. The first-order valence-electron chi connectivity index (χ1n) is 4.30. The molecule has 1 aliphatic rings. The molecule has 0 saturated heterocycles. The van der Waals surface area contributed by atoms with Crippen LogP contribution >= 0.6 is 0 Å². The summed E-state index contributed by atoms with van der Waals surface area (Å²) in [6, 6.07) is 6.96. The zero-order valence-corrected chi connectivity index (χ0v) is 7.04. The third-order valence-corrected chi connectivity index (χ3v) is 2.13. The average molecular weight is 200 g/mol. The molecule has 3 heteroatoms. The summed E-state index contributed by atoms with van der Waals surface area (Å²) >= 11 is 0. The van der Waals surface area contributed by atoms with E-state index >= 15 is 0 Å². The summed E-state index contributed by atoms with van der Waals surface area (Å²) in [7, 11) is 0. The number of hydrogen-bond acceptors (Lipinski definition) is 1. The standard InChI is InChI=1S/C10H10F2O.CH4/c11-10(12)13-9-3-1-2-8(6-9)7-4-5-7;/h1-3,6-7,10H,4-5H2;1H4. The van der Waals surface area contributed by atoms with Gasteiger partial charge in [-0.3, -0.25) is 0 Å². The van der Waals surface area contributed by atoms with Crippen LogP contribution in [0.25, 0.3) is 0 Å². The fraction of sp³-hybridized carbons (Fsp3) is 0.455. The predicted octanol–water partition coefficient (Wildman–Crippen LogP) is 3.80. The number of hydrogen-bond donors (Lipinski definition) is 0. The summed E-state index contributed by atoms with van der Waals surface area (Å²) in [4.78, 5) is 0. The van der Waals surface area contributed by atoms with Crippen molar-refractivity contribution in [2.24, 2.45) is 0 Å². The normalized spacial score (nSPS) is 15.1. The van der Waals surface area contributed by atoms with E-state index in [1.165, 1.54) is 0 Å². The van der Waals surface area contributed by atoms with Gasteiger partial charge in [-0.25, -0.2) is 0 Å². The first-order valence-corrected chi connectivity index (χ1v) is 4.30. The number of benzene rings is 1. The van der Waals surface area contributed by atoms with Gasteiger partial charge in [-0.2, -0.15) is 8.78 Å². The van der Waals surface area contributed by atoms with Gasteiger partial charge in [-0.15, -0.1) is 0 Å². The predicted molar refractivity (Wildman–Crippen MR) is 51.8 cm³/mol. The summed E-state index contributed by atoms with van der Waals surface area (Å²) in [5.41, 5.74) is 1.11. The van der Waals surface area contributed by atoms with Crippen LogP contribution in [0, 0.1) is 0 Å². The third-order valence-electron chi connectivity index (χ3n) is 2.13. The summed E-state index contributed by atoms with van der Waals surface area (Å²) in [5, 5.41) is 0. The van der Waals surface area contributed by atoms with Crippen molar-refractivity contribution in [1.82, 2.24) is 0 Å². The van der Waals surface area contributed by atoms with Crippen molar-refractivity contribution in [1.29, 1.82) is 0 Å². The minimum absolute atomic E-state index is 0. The number of halogens is 2. The molecule has 0 aromatic heterocycles. The van der Waals surface area contributed by atoms with Gasteiger partial charge in [0, 0.05) is 0 Å². The van der Waals surface area contributed by atoms with Crippen LogP contribution in [0.2, 0.25) is 0 Å². The number of ether oxygens (including phenoxy) is 1. The Balaban J connectivity index is 0.000000980. The van der Waals surface area contributed by atoms with Crippen LogP contribution in [0.3, 0.4) is 0 Å². The second-order valence-corrected chi connectivity index (χ2v) is 3.23. The quantitative estimate of drug-likeness (QED) is 0.721. The van der Waals surface area contributed by atoms with Crippen LogP contribution in [-0.2, 0) is 0 Å². The molecular formula is C11H14F2O. The molecule has 0 atom stereocenters. The van der Waals surface area contributed by atoms with E-state index in [4.69, 9.17) is 0 Å². The van der Waals surface area contributed by atoms with Crippen molar-refractivity contribution >= 4 is 0 Å². The van der Waals surface area contributed by atoms with E-state index in [0.29, 0.717) is 5.92 Å². The van der Waals surface area contributed by atoms with Gasteiger partial charge in [0.25, 0.3) is 0 Å². The lowest BCUT2D eigenvalue weighted by atomic mass is 10.1. The molecule has 1 saturated carbocycles. The number of alkyl halides is 2. The Morgan fingerprint density at radius 2 is 2.00 bits per heavy atom. The van der Waals surface area contributed by atoms with Crippen molar-refractivity contribution in [2.75, 3.05) is 0 Å². The van der Waals surface area contributed by atoms with Crippen molar-refractivity contribution in [3.05, 3.63) is 29.8 Å². The SMILES string of the molecule is C.FC(F)Oc1cccc(C2CC2)c1. The third kappa shape index (κ3) is 2.69. The van der Waals surface area contributed by atoms with Gasteiger partial charge >= 0.3 is 6.61 Å². The van der Waals surface area contributed by atoms with Crippen LogP contribution in [0.15, 0.2) is 24.3 Å². The van der Waals surface area contributed by atoms with Gasteiger partial charge in [-0.05, 0) is 36.5 Å². The van der Waals surface area contributed by atoms with E-state index in [-0.39, 0.29) is 13.2 Å². The molecule has 0 aliphatic heterocycles. The summed E-state index contributed by atoms with van der Waals surface area (Å²) in [6.45, 7) is -2.73. The van der Waals surface area contributed by atoms with Crippen molar-refractivity contribution in [3.8, 4) is 5.75 Å². The number of rotatable bonds is 3. The van der Waals surface area contributed by atoms with Crippen LogP contribution in [0.4, 0.5) is 8.78 Å². The summed E-state index contributed by atoms with van der Waals surface area (Å²) in [6.07, 6.45) is 2.33. The molecule has 1 aromatic rings. The molecule has 0 amide bonds. The van der Waals surface area contributed by atoms with Crippen LogP contribution in [0.1, 0.15) is 31.7 Å². The first-order chi connectivity index (χ1) is 6.25. The van der Waals surface area contributed by atoms with Gasteiger partial charge in [-0.1, -0.05) is 19.6 Å². The lowest BCUT2D eigenvalue weighted by molar-refractivity contribution is -0.0498. The van der Waals surface area contributed by atoms with Crippen molar-refractivity contribution in [2.45, 2.75) is 32.8 Å². The smallest absolute Gasteiger partial charge is 0.387 e. The lowest BCUT2D eigenvalue weighted by Gasteiger charge is -2.05. The fourth-order valence-corrected chi connectivity index (χ4v) is 1.36. The van der Waals surface area contributed by atoms with Crippen molar-refractivity contribution in [3.63, 3.8) is 0 Å². The van der Waals surface area contributed by atoms with Gasteiger partial charge in [0.1, 0.15) is 5.75 Å². The molecule has 1 nitrogen and oxygen atoms in total. The largest absolute Gasteiger partial charge is 0.435 e. The van der Waals surface area contributed by atoms with Crippen LogP contribution in [0.5, 0.6) is 5.75 Å². The average Bonchev–Trinajstić information content (AvgIpc) is 2.85. The maximum Gasteiger partial charge on any atom is 0.387 e. The molecule has 0 bridgehead atoms. The van der Waals surface area contributed by atoms with E-state index in [0.717, 1.165) is 18.4 Å². The van der Waals surface area contributed by atoms with E-state index in [1.54, 1.807) is 18.2 Å². The molecule has 0 unspecified atom stereocenters. The molecule has 14 heavy (non-hydrogen) atoms. The Hall–Kier alpha value is -1.12. The van der Waals surface area contributed by atoms with E-state index < -0.39 is 6.61 Å². The fourth-order valence-electron chi connectivity index (χ4n) is 1.36. The highest BCUT2D eigenvalue weighted by Gasteiger charge is 2.23. The molecule has 78 valence electrons. The Morgan fingerprint density at radius 1 is 1.29 bits per heavy atom. The van der Waals surface area contributed by atoms with E-state index in [9.17, 15) is 8.78 Å². The minimum Gasteiger partial charge on any atom is -0.435 e. The van der Waals surface area contributed by atoms with Gasteiger partial charge in [0.2, 0.25) is 0 Å². The molecule has 1 aromatic carbocycles. The summed E-state index contributed by atoms with van der Waals surface area (Å²) in [5.74, 6) is 0.834.